The van der Waals surface area contributed by atoms with Crippen molar-refractivity contribution >= 4 is 17.5 Å². The van der Waals surface area contributed by atoms with Gasteiger partial charge < -0.3 is 9.32 Å². The van der Waals surface area contributed by atoms with Crippen LogP contribution in [0.1, 0.15) is 34.6 Å². The van der Waals surface area contributed by atoms with Crippen LogP contribution in [0.25, 0.3) is 0 Å². The molecule has 19 heavy (non-hydrogen) atoms. The van der Waals surface area contributed by atoms with E-state index in [1.165, 1.54) is 5.56 Å². The standard InChI is InChI=1S/C15H16ClNO2/c1-10-4-6-12(7-5-10)11(2)17(3)15(18)13-8-9-14(16)19-13/h4-9,11H,1-3H3. The van der Waals surface area contributed by atoms with Gasteiger partial charge in [-0.05, 0) is 43.1 Å². The minimum Gasteiger partial charge on any atom is -0.440 e. The van der Waals surface area contributed by atoms with Crippen molar-refractivity contribution in [1.82, 2.24) is 4.90 Å². The number of rotatable bonds is 3. The van der Waals surface area contributed by atoms with Gasteiger partial charge in [0, 0.05) is 7.05 Å². The maximum Gasteiger partial charge on any atom is 0.289 e. The summed E-state index contributed by atoms with van der Waals surface area (Å²) in [5.74, 6) is 0.0754. The summed E-state index contributed by atoms with van der Waals surface area (Å²) in [6.45, 7) is 4.02. The largest absolute Gasteiger partial charge is 0.440 e. The summed E-state index contributed by atoms with van der Waals surface area (Å²) < 4.78 is 5.15. The third kappa shape index (κ3) is 2.99. The third-order valence-corrected chi connectivity index (χ3v) is 3.45. The van der Waals surface area contributed by atoms with E-state index in [1.54, 1.807) is 24.1 Å². The van der Waals surface area contributed by atoms with Gasteiger partial charge in [0.15, 0.2) is 11.0 Å². The van der Waals surface area contributed by atoms with E-state index in [2.05, 4.69) is 0 Å². The molecule has 1 unspecified atom stereocenters. The number of carbonyl (C=O) groups excluding carboxylic acids is 1. The molecule has 0 aliphatic rings. The van der Waals surface area contributed by atoms with Crippen LogP contribution < -0.4 is 0 Å². The highest BCUT2D eigenvalue weighted by Crippen LogP contribution is 2.22. The molecule has 0 saturated carbocycles. The summed E-state index contributed by atoms with van der Waals surface area (Å²) >= 11 is 5.69. The first-order valence-electron chi connectivity index (χ1n) is 6.08. The molecule has 1 aromatic carbocycles. The van der Waals surface area contributed by atoms with Crippen molar-refractivity contribution in [2.75, 3.05) is 7.05 Å². The Morgan fingerprint density at radius 2 is 1.84 bits per heavy atom. The summed E-state index contributed by atoms with van der Waals surface area (Å²) in [5.41, 5.74) is 2.28. The van der Waals surface area contributed by atoms with Crippen molar-refractivity contribution in [2.24, 2.45) is 0 Å². The first-order valence-corrected chi connectivity index (χ1v) is 6.46. The molecule has 1 aromatic heterocycles. The van der Waals surface area contributed by atoms with Crippen molar-refractivity contribution in [3.05, 3.63) is 58.5 Å². The average molecular weight is 278 g/mol. The van der Waals surface area contributed by atoms with Crippen molar-refractivity contribution in [1.29, 1.82) is 0 Å². The highest BCUT2D eigenvalue weighted by molar-refractivity contribution is 6.29. The molecular formula is C15H16ClNO2. The van der Waals surface area contributed by atoms with E-state index in [-0.39, 0.29) is 22.9 Å². The third-order valence-electron chi connectivity index (χ3n) is 3.25. The Balaban J connectivity index is 2.16. The molecule has 3 nitrogen and oxygen atoms in total. The van der Waals surface area contributed by atoms with Gasteiger partial charge in [-0.25, -0.2) is 0 Å². The van der Waals surface area contributed by atoms with Crippen LogP contribution in [0.3, 0.4) is 0 Å². The molecule has 1 amide bonds. The van der Waals surface area contributed by atoms with E-state index >= 15 is 0 Å². The molecule has 0 aliphatic carbocycles. The molecule has 0 N–H and O–H groups in total. The number of nitrogens with zero attached hydrogens (tertiary/aromatic N) is 1. The number of aryl methyl sites for hydroxylation is 1. The Morgan fingerprint density at radius 1 is 1.21 bits per heavy atom. The van der Waals surface area contributed by atoms with Crippen molar-refractivity contribution in [2.45, 2.75) is 19.9 Å². The Hall–Kier alpha value is -1.74. The van der Waals surface area contributed by atoms with Crippen LogP contribution in [-0.4, -0.2) is 17.9 Å². The smallest absolute Gasteiger partial charge is 0.289 e. The minimum atomic E-state index is -0.181. The molecule has 1 atom stereocenters. The first-order chi connectivity index (χ1) is 8.99. The molecule has 0 fully saturated rings. The predicted octanol–water partition coefficient (Wildman–Crippen LogP) is 4.07. The monoisotopic (exact) mass is 277 g/mol. The average Bonchev–Trinajstić information content (AvgIpc) is 2.84. The highest BCUT2D eigenvalue weighted by atomic mass is 35.5. The van der Waals surface area contributed by atoms with Crippen LogP contribution in [0.5, 0.6) is 0 Å². The molecule has 2 rings (SSSR count). The zero-order chi connectivity index (χ0) is 14.0. The lowest BCUT2D eigenvalue weighted by Gasteiger charge is -2.24. The van der Waals surface area contributed by atoms with Crippen molar-refractivity contribution in [3.63, 3.8) is 0 Å². The summed E-state index contributed by atoms with van der Waals surface area (Å²) in [6, 6.07) is 11.2. The predicted molar refractivity (Wildman–Crippen MR) is 75.4 cm³/mol. The summed E-state index contributed by atoms with van der Waals surface area (Å²) in [5, 5.41) is 0.222. The first kappa shape index (κ1) is 13.7. The maximum absolute atomic E-state index is 12.2. The number of furan rings is 1. The second-order valence-corrected chi connectivity index (χ2v) is 4.98. The molecule has 4 heteroatoms. The SMILES string of the molecule is Cc1ccc(C(C)N(C)C(=O)c2ccc(Cl)o2)cc1. The number of hydrogen-bond acceptors (Lipinski definition) is 2. The number of halogens is 1. The van der Waals surface area contributed by atoms with Crippen LogP contribution >= 0.6 is 11.6 Å². The quantitative estimate of drug-likeness (QED) is 0.847. The second kappa shape index (κ2) is 5.49. The van der Waals surface area contributed by atoms with Gasteiger partial charge in [0.25, 0.3) is 5.91 Å². The normalized spacial score (nSPS) is 12.2. The van der Waals surface area contributed by atoms with E-state index in [4.69, 9.17) is 16.0 Å². The fourth-order valence-electron chi connectivity index (χ4n) is 1.85. The lowest BCUT2D eigenvalue weighted by Crippen LogP contribution is -2.29. The highest BCUT2D eigenvalue weighted by Gasteiger charge is 2.21. The lowest BCUT2D eigenvalue weighted by atomic mass is 10.1. The summed E-state index contributed by atoms with van der Waals surface area (Å²) in [6.07, 6.45) is 0. The Morgan fingerprint density at radius 3 is 2.37 bits per heavy atom. The van der Waals surface area contributed by atoms with E-state index in [0.717, 1.165) is 5.56 Å². The fraction of sp³-hybridized carbons (Fsp3) is 0.267. The molecule has 1 heterocycles. The molecule has 0 aliphatic heterocycles. The van der Waals surface area contributed by atoms with E-state index in [0.29, 0.717) is 0 Å². The molecule has 2 aromatic rings. The topological polar surface area (TPSA) is 33.5 Å². The van der Waals surface area contributed by atoms with Crippen molar-refractivity contribution < 1.29 is 9.21 Å². The van der Waals surface area contributed by atoms with Crippen LogP contribution in [0.15, 0.2) is 40.8 Å². The van der Waals surface area contributed by atoms with Crippen LogP contribution in [0.2, 0.25) is 5.22 Å². The van der Waals surface area contributed by atoms with E-state index in [9.17, 15) is 4.79 Å². The second-order valence-electron chi connectivity index (χ2n) is 4.61. The Bertz CT molecular complexity index is 574. The number of benzene rings is 1. The van der Waals surface area contributed by atoms with E-state index in [1.807, 2.05) is 38.1 Å². The fourth-order valence-corrected chi connectivity index (χ4v) is 1.99. The van der Waals surface area contributed by atoms with Gasteiger partial charge >= 0.3 is 0 Å². The van der Waals surface area contributed by atoms with Crippen LogP contribution in [-0.2, 0) is 0 Å². The van der Waals surface area contributed by atoms with Gasteiger partial charge in [-0.2, -0.15) is 0 Å². The van der Waals surface area contributed by atoms with Crippen LogP contribution in [0.4, 0.5) is 0 Å². The number of hydrogen-bond donors (Lipinski definition) is 0. The van der Waals surface area contributed by atoms with Gasteiger partial charge in [0.05, 0.1) is 6.04 Å². The van der Waals surface area contributed by atoms with Gasteiger partial charge in [0.2, 0.25) is 0 Å². The van der Waals surface area contributed by atoms with Gasteiger partial charge in [-0.1, -0.05) is 29.8 Å². The summed E-state index contributed by atoms with van der Waals surface area (Å²) in [7, 11) is 1.75. The van der Waals surface area contributed by atoms with Gasteiger partial charge in [-0.3, -0.25) is 4.79 Å². The molecule has 0 saturated heterocycles. The van der Waals surface area contributed by atoms with E-state index < -0.39 is 0 Å². The lowest BCUT2D eigenvalue weighted by molar-refractivity contribution is 0.0710. The maximum atomic E-state index is 12.2. The molecule has 0 bridgehead atoms. The van der Waals surface area contributed by atoms with Crippen LogP contribution in [0, 0.1) is 6.92 Å². The molecule has 0 radical (unpaired) electrons. The van der Waals surface area contributed by atoms with Gasteiger partial charge in [-0.15, -0.1) is 0 Å². The Labute approximate surface area is 117 Å². The minimum absolute atomic E-state index is 0.0306. The van der Waals surface area contributed by atoms with Gasteiger partial charge in [0.1, 0.15) is 0 Å². The summed E-state index contributed by atoms with van der Waals surface area (Å²) in [4.78, 5) is 13.9. The number of amides is 1. The molecule has 0 spiro atoms. The molecular weight excluding hydrogens is 262 g/mol. The zero-order valence-electron chi connectivity index (χ0n) is 11.2. The van der Waals surface area contributed by atoms with Crippen molar-refractivity contribution in [3.8, 4) is 0 Å². The number of carbonyl (C=O) groups is 1. The Kier molecular flexibility index (Phi) is 3.96. The zero-order valence-corrected chi connectivity index (χ0v) is 11.9. The molecule has 100 valence electrons.